The first-order valence-electron chi connectivity index (χ1n) is 12.9. The maximum absolute atomic E-state index is 14.2. The van der Waals surface area contributed by atoms with Gasteiger partial charge < -0.3 is 19.5 Å². The molecule has 2 heterocycles. The molecular weight excluding hydrogens is 476 g/mol. The molecule has 38 heavy (non-hydrogen) atoms. The van der Waals surface area contributed by atoms with E-state index >= 15 is 0 Å². The lowest BCUT2D eigenvalue weighted by Crippen LogP contribution is -2.48. The van der Waals surface area contributed by atoms with Gasteiger partial charge in [0.2, 0.25) is 5.91 Å². The second kappa shape index (κ2) is 9.74. The molecule has 0 saturated heterocycles. The van der Waals surface area contributed by atoms with Gasteiger partial charge >= 0.3 is 6.03 Å². The molecule has 1 fully saturated rings. The first kappa shape index (κ1) is 23.9. The molecule has 1 aliphatic carbocycles. The standard InChI is InChI=1S/C31H30N4O3/c1-21-7-5-8-23(19-21)32-31(37)34(24-14-15-24)20-29(36)35-27-10-4-3-9-26(27)33-18-6-11-28(33)30(35)22-12-16-25(38-2)17-13-22/h3-13,16-19,24,30H,14-15,20H2,1-2H3,(H,32,37). The number of fused-ring (bicyclic) bond motifs is 3. The number of rotatable bonds is 6. The first-order chi connectivity index (χ1) is 18.5. The van der Waals surface area contributed by atoms with Crippen LogP contribution in [-0.2, 0) is 4.79 Å². The molecule has 6 rings (SSSR count). The summed E-state index contributed by atoms with van der Waals surface area (Å²) in [4.78, 5) is 31.1. The van der Waals surface area contributed by atoms with E-state index in [-0.39, 0.29) is 30.6 Å². The zero-order chi connectivity index (χ0) is 26.2. The lowest BCUT2D eigenvalue weighted by Gasteiger charge is -2.39. The van der Waals surface area contributed by atoms with Crippen molar-refractivity contribution in [1.82, 2.24) is 9.47 Å². The number of para-hydroxylation sites is 2. The van der Waals surface area contributed by atoms with Gasteiger partial charge in [0.1, 0.15) is 18.3 Å². The van der Waals surface area contributed by atoms with Crippen LogP contribution >= 0.6 is 0 Å². The molecule has 0 radical (unpaired) electrons. The van der Waals surface area contributed by atoms with Gasteiger partial charge in [-0.3, -0.25) is 9.69 Å². The van der Waals surface area contributed by atoms with Crippen molar-refractivity contribution in [3.8, 4) is 11.4 Å². The minimum atomic E-state index is -0.348. The molecule has 1 saturated carbocycles. The molecule has 4 aromatic rings. The average molecular weight is 507 g/mol. The molecule has 1 atom stereocenters. The summed E-state index contributed by atoms with van der Waals surface area (Å²) >= 11 is 0. The fourth-order valence-electron chi connectivity index (χ4n) is 5.26. The maximum Gasteiger partial charge on any atom is 0.322 e. The van der Waals surface area contributed by atoms with Crippen molar-refractivity contribution in [3.05, 3.63) is 108 Å². The van der Waals surface area contributed by atoms with Gasteiger partial charge in [-0.15, -0.1) is 0 Å². The van der Waals surface area contributed by atoms with Gasteiger partial charge in [-0.05, 0) is 79.4 Å². The molecule has 7 heteroatoms. The Morgan fingerprint density at radius 1 is 0.947 bits per heavy atom. The lowest BCUT2D eigenvalue weighted by molar-refractivity contribution is -0.119. The zero-order valence-corrected chi connectivity index (χ0v) is 21.5. The van der Waals surface area contributed by atoms with E-state index in [1.807, 2.05) is 103 Å². The lowest BCUT2D eigenvalue weighted by atomic mass is 9.97. The minimum Gasteiger partial charge on any atom is -0.497 e. The van der Waals surface area contributed by atoms with Crippen LogP contribution in [0.25, 0.3) is 5.69 Å². The van der Waals surface area contributed by atoms with Crippen LogP contribution < -0.4 is 15.0 Å². The highest BCUT2D eigenvalue weighted by atomic mass is 16.5. The number of methoxy groups -OCH3 is 1. The van der Waals surface area contributed by atoms with Crippen LogP contribution in [0.1, 0.15) is 35.7 Å². The molecule has 1 aliphatic heterocycles. The second-order valence-corrected chi connectivity index (χ2v) is 9.89. The van der Waals surface area contributed by atoms with Crippen LogP contribution in [0.3, 0.4) is 0 Å². The first-order valence-corrected chi connectivity index (χ1v) is 12.9. The molecule has 7 nitrogen and oxygen atoms in total. The number of ether oxygens (including phenoxy) is 1. The largest absolute Gasteiger partial charge is 0.497 e. The Morgan fingerprint density at radius 3 is 2.42 bits per heavy atom. The van der Waals surface area contributed by atoms with Crippen molar-refractivity contribution in [2.45, 2.75) is 31.8 Å². The fourth-order valence-corrected chi connectivity index (χ4v) is 5.26. The molecule has 3 aromatic carbocycles. The molecule has 1 N–H and O–H groups in total. The number of aryl methyl sites for hydroxylation is 1. The maximum atomic E-state index is 14.2. The number of carbonyl (C=O) groups excluding carboxylic acids is 2. The van der Waals surface area contributed by atoms with Crippen LogP contribution in [-0.4, -0.2) is 41.1 Å². The normalized spacial score (nSPS) is 15.8. The number of nitrogens with zero attached hydrogens (tertiary/aromatic N) is 3. The number of carbonyl (C=O) groups is 2. The van der Waals surface area contributed by atoms with Gasteiger partial charge in [0, 0.05) is 17.9 Å². The highest BCUT2D eigenvalue weighted by molar-refractivity contribution is 6.01. The summed E-state index contributed by atoms with van der Waals surface area (Å²) < 4.78 is 7.51. The fraction of sp³-hybridized carbons (Fsp3) is 0.226. The van der Waals surface area contributed by atoms with Gasteiger partial charge in [0.05, 0.1) is 24.2 Å². The molecule has 1 unspecified atom stereocenters. The Kier molecular flexibility index (Phi) is 6.12. The Hall–Kier alpha value is -4.52. The van der Waals surface area contributed by atoms with Crippen molar-refractivity contribution in [2.24, 2.45) is 0 Å². The van der Waals surface area contributed by atoms with Crippen LogP contribution in [0.4, 0.5) is 16.2 Å². The molecule has 3 amide bonds. The number of anilines is 2. The molecule has 2 aliphatic rings. The van der Waals surface area contributed by atoms with Gasteiger partial charge in [-0.2, -0.15) is 0 Å². The van der Waals surface area contributed by atoms with Crippen molar-refractivity contribution < 1.29 is 14.3 Å². The van der Waals surface area contributed by atoms with Gasteiger partial charge in [-0.25, -0.2) is 4.79 Å². The predicted molar refractivity (Wildman–Crippen MR) is 148 cm³/mol. The van der Waals surface area contributed by atoms with Gasteiger partial charge in [0.25, 0.3) is 0 Å². The predicted octanol–water partition coefficient (Wildman–Crippen LogP) is 5.93. The van der Waals surface area contributed by atoms with Crippen LogP contribution in [0, 0.1) is 6.92 Å². The summed E-state index contributed by atoms with van der Waals surface area (Å²) in [6.45, 7) is 1.98. The Labute approximate surface area is 222 Å². The number of aromatic nitrogens is 1. The Balaban J connectivity index is 1.36. The van der Waals surface area contributed by atoms with E-state index in [1.165, 1.54) is 0 Å². The van der Waals surface area contributed by atoms with E-state index in [1.54, 1.807) is 12.0 Å². The van der Waals surface area contributed by atoms with Crippen LogP contribution in [0.5, 0.6) is 5.75 Å². The SMILES string of the molecule is COc1ccc(C2c3cccn3-c3ccccc3N2C(=O)CN(C(=O)Nc2cccc(C)c2)C2CC2)cc1. The average Bonchev–Trinajstić information content (AvgIpc) is 3.65. The number of urea groups is 1. The number of nitrogens with one attached hydrogen (secondary N) is 1. The third-order valence-electron chi connectivity index (χ3n) is 7.24. The van der Waals surface area contributed by atoms with E-state index in [4.69, 9.17) is 4.74 Å². The van der Waals surface area contributed by atoms with Crippen molar-refractivity contribution in [2.75, 3.05) is 23.9 Å². The number of amides is 3. The van der Waals surface area contributed by atoms with Gasteiger partial charge in [-0.1, -0.05) is 36.4 Å². The third kappa shape index (κ3) is 4.41. The number of hydrogen-bond acceptors (Lipinski definition) is 3. The highest BCUT2D eigenvalue weighted by Crippen LogP contribution is 2.43. The Morgan fingerprint density at radius 2 is 1.71 bits per heavy atom. The van der Waals surface area contributed by atoms with E-state index < -0.39 is 0 Å². The van der Waals surface area contributed by atoms with Gasteiger partial charge in [0.15, 0.2) is 0 Å². The van der Waals surface area contributed by atoms with Crippen LogP contribution in [0.15, 0.2) is 91.1 Å². The summed E-state index contributed by atoms with van der Waals surface area (Å²) in [5.74, 6) is 0.628. The topological polar surface area (TPSA) is 66.8 Å². The quantitative estimate of drug-likeness (QED) is 0.353. The second-order valence-electron chi connectivity index (χ2n) is 9.89. The van der Waals surface area contributed by atoms with Crippen molar-refractivity contribution in [3.63, 3.8) is 0 Å². The molecule has 0 spiro atoms. The Bertz CT molecular complexity index is 1490. The van der Waals surface area contributed by atoms with E-state index in [0.29, 0.717) is 0 Å². The molecule has 0 bridgehead atoms. The molecular formula is C31H30N4O3. The summed E-state index contributed by atoms with van der Waals surface area (Å²) in [6, 6.07) is 27.0. The van der Waals surface area contributed by atoms with Crippen LogP contribution in [0.2, 0.25) is 0 Å². The summed E-state index contributed by atoms with van der Waals surface area (Å²) in [5, 5.41) is 3.00. The smallest absolute Gasteiger partial charge is 0.322 e. The number of benzene rings is 3. The van der Waals surface area contributed by atoms with Crippen molar-refractivity contribution in [1.29, 1.82) is 0 Å². The highest BCUT2D eigenvalue weighted by Gasteiger charge is 2.40. The third-order valence-corrected chi connectivity index (χ3v) is 7.24. The molecule has 1 aromatic heterocycles. The minimum absolute atomic E-state index is 0.00991. The van der Waals surface area contributed by atoms with E-state index in [2.05, 4.69) is 9.88 Å². The number of hydrogen-bond donors (Lipinski definition) is 1. The summed E-state index contributed by atoms with van der Waals surface area (Å²) in [7, 11) is 1.64. The van der Waals surface area contributed by atoms with E-state index in [9.17, 15) is 9.59 Å². The van der Waals surface area contributed by atoms with E-state index in [0.717, 1.165) is 52.5 Å². The monoisotopic (exact) mass is 506 g/mol. The zero-order valence-electron chi connectivity index (χ0n) is 21.5. The summed E-state index contributed by atoms with van der Waals surface area (Å²) in [6.07, 6.45) is 3.82. The summed E-state index contributed by atoms with van der Waals surface area (Å²) in [5.41, 5.74) is 5.50. The molecule has 192 valence electrons. The van der Waals surface area contributed by atoms with Crippen molar-refractivity contribution >= 4 is 23.3 Å².